The highest BCUT2D eigenvalue weighted by Crippen LogP contribution is 2.50. The van der Waals surface area contributed by atoms with Crippen molar-refractivity contribution in [3.05, 3.63) is 28.3 Å². The number of carbonyl (C=O) groups is 1. The van der Waals surface area contributed by atoms with Crippen LogP contribution in [0.4, 0.5) is 0 Å². The lowest BCUT2D eigenvalue weighted by atomic mass is 9.72. The summed E-state index contributed by atoms with van der Waals surface area (Å²) in [6.45, 7) is 5.87. The average molecular weight is 333 g/mol. The molecule has 1 fully saturated rings. The smallest absolute Gasteiger partial charge is 0.306 e. The number of benzene rings is 1. The van der Waals surface area contributed by atoms with Gasteiger partial charge in [0.2, 0.25) is 0 Å². The van der Waals surface area contributed by atoms with Crippen LogP contribution in [0.5, 0.6) is 5.75 Å². The summed E-state index contributed by atoms with van der Waals surface area (Å²) in [4.78, 5) is 16.5. The highest BCUT2D eigenvalue weighted by Gasteiger charge is 2.46. The summed E-state index contributed by atoms with van der Waals surface area (Å²) in [5, 5.41) is 9.25. The lowest BCUT2D eigenvalue weighted by Crippen LogP contribution is -2.49. The van der Waals surface area contributed by atoms with Crippen LogP contribution in [0, 0.1) is 19.8 Å². The second-order valence-corrected chi connectivity index (χ2v) is 7.37. The van der Waals surface area contributed by atoms with Crippen molar-refractivity contribution in [1.82, 2.24) is 5.48 Å². The Labute approximate surface area is 143 Å². The summed E-state index contributed by atoms with van der Waals surface area (Å²) in [6.07, 6.45) is 4.81. The molecule has 5 nitrogen and oxygen atoms in total. The SMILES string of the molecule is CONC1CC2(CCC2)Oc2cc(C)c(CC(C)C(=O)O)c(C)c21. The molecule has 1 heterocycles. The van der Waals surface area contributed by atoms with E-state index in [-0.39, 0.29) is 11.6 Å². The maximum absolute atomic E-state index is 11.3. The molecule has 0 radical (unpaired) electrons. The molecule has 0 saturated heterocycles. The van der Waals surface area contributed by atoms with E-state index in [1.165, 1.54) is 6.42 Å². The van der Waals surface area contributed by atoms with Gasteiger partial charge in [0.15, 0.2) is 0 Å². The Kier molecular flexibility index (Phi) is 4.58. The summed E-state index contributed by atoms with van der Waals surface area (Å²) < 4.78 is 6.39. The molecule has 3 rings (SSSR count). The van der Waals surface area contributed by atoms with Crippen molar-refractivity contribution in [2.24, 2.45) is 5.92 Å². The molecule has 24 heavy (non-hydrogen) atoms. The summed E-state index contributed by atoms with van der Waals surface area (Å²) >= 11 is 0. The van der Waals surface area contributed by atoms with Crippen LogP contribution in [-0.4, -0.2) is 23.8 Å². The zero-order valence-corrected chi connectivity index (χ0v) is 14.9. The van der Waals surface area contributed by atoms with Gasteiger partial charge in [-0.1, -0.05) is 6.92 Å². The molecule has 1 spiro atoms. The summed E-state index contributed by atoms with van der Waals surface area (Å²) in [6, 6.07) is 2.16. The minimum absolute atomic E-state index is 0.0576. The minimum atomic E-state index is -0.761. The first kappa shape index (κ1) is 17.2. The first-order valence-corrected chi connectivity index (χ1v) is 8.70. The fraction of sp³-hybridized carbons (Fsp3) is 0.632. The highest BCUT2D eigenvalue weighted by molar-refractivity contribution is 5.70. The Bertz CT molecular complexity index is 651. The molecule has 1 aromatic carbocycles. The molecule has 0 aromatic heterocycles. The standard InChI is InChI=1S/C19H27NO4/c1-11-9-16-17(13(3)14(11)8-12(2)18(21)22)15(20-23-4)10-19(24-16)6-5-7-19/h9,12,15,20H,5-8,10H2,1-4H3,(H,21,22). The molecule has 0 bridgehead atoms. The van der Waals surface area contributed by atoms with Gasteiger partial charge in [-0.15, -0.1) is 0 Å². The number of aliphatic carboxylic acids is 1. The Balaban J connectivity index is 2.02. The number of hydrogen-bond acceptors (Lipinski definition) is 4. The van der Waals surface area contributed by atoms with Crippen LogP contribution >= 0.6 is 0 Å². The van der Waals surface area contributed by atoms with Gasteiger partial charge in [-0.25, -0.2) is 0 Å². The third-order valence-corrected chi connectivity index (χ3v) is 5.65. The first-order valence-electron chi connectivity index (χ1n) is 8.70. The number of ether oxygens (including phenoxy) is 1. The molecular weight excluding hydrogens is 306 g/mol. The molecular formula is C19H27NO4. The first-order chi connectivity index (χ1) is 11.4. The van der Waals surface area contributed by atoms with Crippen LogP contribution < -0.4 is 10.2 Å². The molecule has 5 heteroatoms. The van der Waals surface area contributed by atoms with Crippen molar-refractivity contribution in [3.63, 3.8) is 0 Å². The van der Waals surface area contributed by atoms with Crippen molar-refractivity contribution in [2.45, 2.75) is 64.5 Å². The molecule has 1 aliphatic heterocycles. The molecule has 2 aliphatic rings. The van der Waals surface area contributed by atoms with Crippen molar-refractivity contribution < 1.29 is 19.5 Å². The van der Waals surface area contributed by atoms with E-state index < -0.39 is 11.9 Å². The minimum Gasteiger partial charge on any atom is -0.487 e. The predicted octanol–water partition coefficient (Wildman–Crippen LogP) is 3.46. The van der Waals surface area contributed by atoms with Crippen LogP contribution in [0.3, 0.4) is 0 Å². The second-order valence-electron chi connectivity index (χ2n) is 7.37. The molecule has 132 valence electrons. The third kappa shape index (κ3) is 2.91. The summed E-state index contributed by atoms with van der Waals surface area (Å²) in [5.41, 5.74) is 7.53. The number of nitrogens with one attached hydrogen (secondary N) is 1. The highest BCUT2D eigenvalue weighted by atomic mass is 16.6. The Morgan fingerprint density at radius 2 is 2.21 bits per heavy atom. The quantitative estimate of drug-likeness (QED) is 0.808. The van der Waals surface area contributed by atoms with Crippen LogP contribution in [0.1, 0.15) is 60.9 Å². The van der Waals surface area contributed by atoms with Gasteiger partial charge < -0.3 is 14.7 Å². The van der Waals surface area contributed by atoms with E-state index in [2.05, 4.69) is 18.5 Å². The van der Waals surface area contributed by atoms with E-state index in [0.717, 1.165) is 47.3 Å². The van der Waals surface area contributed by atoms with Crippen LogP contribution in [0.15, 0.2) is 6.07 Å². The van der Waals surface area contributed by atoms with Gasteiger partial charge in [-0.2, -0.15) is 5.48 Å². The number of carboxylic acid groups (broad SMARTS) is 1. The van der Waals surface area contributed by atoms with Gasteiger partial charge in [-0.3, -0.25) is 4.79 Å². The van der Waals surface area contributed by atoms with Crippen molar-refractivity contribution in [1.29, 1.82) is 0 Å². The number of hydrogen-bond donors (Lipinski definition) is 2. The van der Waals surface area contributed by atoms with E-state index >= 15 is 0 Å². The van der Waals surface area contributed by atoms with Gasteiger partial charge in [0.05, 0.1) is 19.1 Å². The normalized spacial score (nSPS) is 22.4. The predicted molar refractivity (Wildman–Crippen MR) is 91.1 cm³/mol. The second kappa shape index (κ2) is 6.37. The molecule has 2 unspecified atom stereocenters. The Morgan fingerprint density at radius 1 is 1.50 bits per heavy atom. The van der Waals surface area contributed by atoms with Gasteiger partial charge in [0.1, 0.15) is 11.4 Å². The number of aryl methyl sites for hydroxylation is 1. The maximum Gasteiger partial charge on any atom is 0.306 e. The van der Waals surface area contributed by atoms with Gasteiger partial charge >= 0.3 is 5.97 Å². The summed E-state index contributed by atoms with van der Waals surface area (Å²) in [5.74, 6) is -0.239. The van der Waals surface area contributed by atoms with Crippen molar-refractivity contribution in [2.75, 3.05) is 7.11 Å². The molecule has 0 amide bonds. The number of rotatable bonds is 5. The van der Waals surface area contributed by atoms with Crippen molar-refractivity contribution in [3.8, 4) is 5.75 Å². The molecule has 1 aliphatic carbocycles. The van der Waals surface area contributed by atoms with Gasteiger partial charge in [-0.05, 0) is 62.3 Å². The zero-order valence-electron chi connectivity index (χ0n) is 14.9. The van der Waals surface area contributed by atoms with Crippen LogP contribution in [0.25, 0.3) is 0 Å². The molecule has 2 N–H and O–H groups in total. The molecule has 1 aromatic rings. The number of carboxylic acids is 1. The topological polar surface area (TPSA) is 67.8 Å². The van der Waals surface area contributed by atoms with Gasteiger partial charge in [0, 0.05) is 12.0 Å². The molecule has 1 saturated carbocycles. The lowest BCUT2D eigenvalue weighted by molar-refractivity contribution is -0.141. The largest absolute Gasteiger partial charge is 0.487 e. The zero-order chi connectivity index (χ0) is 17.5. The van der Waals surface area contributed by atoms with Crippen LogP contribution in [-0.2, 0) is 16.1 Å². The summed E-state index contributed by atoms with van der Waals surface area (Å²) in [7, 11) is 1.64. The van der Waals surface area contributed by atoms with Crippen molar-refractivity contribution >= 4 is 5.97 Å². The molecule has 2 atom stereocenters. The average Bonchev–Trinajstić information content (AvgIpc) is 2.49. The third-order valence-electron chi connectivity index (χ3n) is 5.65. The van der Waals surface area contributed by atoms with E-state index in [0.29, 0.717) is 6.42 Å². The fourth-order valence-electron chi connectivity index (χ4n) is 4.10. The monoisotopic (exact) mass is 333 g/mol. The Hall–Kier alpha value is -1.59. The lowest BCUT2D eigenvalue weighted by Gasteiger charge is -2.48. The number of fused-ring (bicyclic) bond motifs is 1. The van der Waals surface area contributed by atoms with E-state index in [9.17, 15) is 9.90 Å². The fourth-order valence-corrected chi connectivity index (χ4v) is 4.10. The van der Waals surface area contributed by atoms with E-state index in [1.54, 1.807) is 14.0 Å². The van der Waals surface area contributed by atoms with E-state index in [4.69, 9.17) is 9.57 Å². The Morgan fingerprint density at radius 3 is 2.75 bits per heavy atom. The number of hydroxylamine groups is 1. The van der Waals surface area contributed by atoms with E-state index in [1.807, 2.05) is 6.92 Å². The van der Waals surface area contributed by atoms with Crippen LogP contribution in [0.2, 0.25) is 0 Å². The van der Waals surface area contributed by atoms with Gasteiger partial charge in [0.25, 0.3) is 0 Å². The maximum atomic E-state index is 11.3.